The molecular weight excluding hydrogens is 392 g/mol. The predicted octanol–water partition coefficient (Wildman–Crippen LogP) is 5.04. The molecule has 2 aliphatic rings. The van der Waals surface area contributed by atoms with Crippen LogP contribution in [0, 0.1) is 0 Å². The van der Waals surface area contributed by atoms with Crippen molar-refractivity contribution in [3.63, 3.8) is 0 Å². The molecule has 2 aliphatic heterocycles. The van der Waals surface area contributed by atoms with Gasteiger partial charge in [0, 0.05) is 23.1 Å². The fourth-order valence-electron chi connectivity index (χ4n) is 4.19. The Hall–Kier alpha value is -3.67. The smallest absolute Gasteiger partial charge is 0.213 e. The van der Waals surface area contributed by atoms with E-state index in [-0.39, 0.29) is 18.0 Å². The monoisotopic (exact) mass is 416 g/mol. The van der Waals surface area contributed by atoms with Crippen LogP contribution in [0.15, 0.2) is 71.8 Å². The number of hydrazone groups is 1. The second kappa shape index (κ2) is 7.87. The van der Waals surface area contributed by atoms with Gasteiger partial charge in [0.05, 0.1) is 25.5 Å². The van der Waals surface area contributed by atoms with Crippen LogP contribution >= 0.6 is 0 Å². The Kier molecular flexibility index (Phi) is 4.90. The normalized spacial score (nSPS) is 19.2. The van der Waals surface area contributed by atoms with Crippen molar-refractivity contribution in [1.29, 1.82) is 0 Å². The minimum Gasteiger partial charge on any atom is -0.507 e. The van der Waals surface area contributed by atoms with Crippen LogP contribution in [0.1, 0.15) is 42.3 Å². The molecule has 158 valence electrons. The molecule has 0 amide bonds. The fraction of sp³-hybridized carbons (Fsp3) is 0.240. The van der Waals surface area contributed by atoms with Crippen molar-refractivity contribution in [2.24, 2.45) is 5.10 Å². The highest BCUT2D eigenvalue weighted by molar-refractivity contribution is 6.04. The predicted molar refractivity (Wildman–Crippen MR) is 118 cm³/mol. The van der Waals surface area contributed by atoms with Gasteiger partial charge in [0.2, 0.25) is 6.23 Å². The van der Waals surface area contributed by atoms with Crippen molar-refractivity contribution in [1.82, 2.24) is 5.01 Å². The summed E-state index contributed by atoms with van der Waals surface area (Å²) < 4.78 is 17.3. The van der Waals surface area contributed by atoms with Crippen molar-refractivity contribution in [3.05, 3.63) is 83.4 Å². The van der Waals surface area contributed by atoms with Gasteiger partial charge in [0.15, 0.2) is 0 Å². The van der Waals surface area contributed by atoms with Gasteiger partial charge in [-0.1, -0.05) is 18.2 Å². The number of hydrogen-bond acceptors (Lipinski definition) is 6. The Morgan fingerprint density at radius 3 is 2.61 bits per heavy atom. The summed E-state index contributed by atoms with van der Waals surface area (Å²) in [4.78, 5) is 0. The largest absolute Gasteiger partial charge is 0.507 e. The first-order valence-electron chi connectivity index (χ1n) is 10.4. The van der Waals surface area contributed by atoms with Crippen LogP contribution < -0.4 is 14.2 Å². The van der Waals surface area contributed by atoms with E-state index in [4.69, 9.17) is 19.3 Å². The van der Waals surface area contributed by atoms with Crippen LogP contribution in [0.5, 0.6) is 23.0 Å². The minimum absolute atomic E-state index is 0.0159. The number of aromatic hydroxyl groups is 1. The highest BCUT2D eigenvalue weighted by atomic mass is 16.5. The van der Waals surface area contributed by atoms with Crippen molar-refractivity contribution < 1.29 is 19.3 Å². The van der Waals surface area contributed by atoms with E-state index in [0.717, 1.165) is 28.3 Å². The zero-order chi connectivity index (χ0) is 21.4. The average Bonchev–Trinajstić information content (AvgIpc) is 3.25. The molecule has 3 aromatic carbocycles. The van der Waals surface area contributed by atoms with Crippen LogP contribution in [0.2, 0.25) is 0 Å². The van der Waals surface area contributed by atoms with Crippen molar-refractivity contribution in [2.75, 3.05) is 13.7 Å². The molecular formula is C25H24N2O4. The highest BCUT2D eigenvalue weighted by Crippen LogP contribution is 2.48. The lowest BCUT2D eigenvalue weighted by Crippen LogP contribution is -2.33. The van der Waals surface area contributed by atoms with Gasteiger partial charge < -0.3 is 19.3 Å². The third kappa shape index (κ3) is 3.44. The summed E-state index contributed by atoms with van der Waals surface area (Å²) in [6.07, 6.45) is 0.287. The van der Waals surface area contributed by atoms with E-state index in [1.807, 2.05) is 60.5 Å². The van der Waals surface area contributed by atoms with E-state index >= 15 is 0 Å². The van der Waals surface area contributed by atoms with Crippen molar-refractivity contribution >= 4 is 5.71 Å². The third-order valence-electron chi connectivity index (χ3n) is 5.69. The molecule has 6 heteroatoms. The molecule has 0 saturated heterocycles. The van der Waals surface area contributed by atoms with Crippen LogP contribution in [0.3, 0.4) is 0 Å². The summed E-state index contributed by atoms with van der Waals surface area (Å²) in [6.45, 7) is 2.59. The molecule has 0 fully saturated rings. The van der Waals surface area contributed by atoms with E-state index in [1.54, 1.807) is 19.2 Å². The summed E-state index contributed by atoms with van der Waals surface area (Å²) in [6, 6.07) is 21.2. The second-order valence-corrected chi connectivity index (χ2v) is 7.54. The molecule has 3 aromatic rings. The first-order chi connectivity index (χ1) is 15.2. The lowest BCUT2D eigenvalue weighted by molar-refractivity contribution is -0.0190. The molecule has 2 atom stereocenters. The van der Waals surface area contributed by atoms with Gasteiger partial charge in [-0.15, -0.1) is 0 Å². The average molecular weight is 416 g/mol. The summed E-state index contributed by atoms with van der Waals surface area (Å²) in [5, 5.41) is 17.4. The highest BCUT2D eigenvalue weighted by Gasteiger charge is 2.41. The number of hydrogen-bond donors (Lipinski definition) is 1. The molecule has 1 N–H and O–H groups in total. The lowest BCUT2D eigenvalue weighted by Gasteiger charge is -2.38. The van der Waals surface area contributed by atoms with Crippen molar-refractivity contribution in [2.45, 2.75) is 25.6 Å². The van der Waals surface area contributed by atoms with Gasteiger partial charge in [0.1, 0.15) is 23.0 Å². The van der Waals surface area contributed by atoms with E-state index < -0.39 is 0 Å². The Morgan fingerprint density at radius 2 is 1.84 bits per heavy atom. The molecule has 5 rings (SSSR count). The lowest BCUT2D eigenvalue weighted by atomic mass is 9.95. The second-order valence-electron chi connectivity index (χ2n) is 7.54. The van der Waals surface area contributed by atoms with Crippen LogP contribution in [0.4, 0.5) is 0 Å². The van der Waals surface area contributed by atoms with Gasteiger partial charge in [-0.3, -0.25) is 0 Å². The van der Waals surface area contributed by atoms with Gasteiger partial charge in [-0.2, -0.15) is 5.10 Å². The first kappa shape index (κ1) is 19.3. The van der Waals surface area contributed by atoms with E-state index in [2.05, 4.69) is 6.07 Å². The molecule has 0 unspecified atom stereocenters. The topological polar surface area (TPSA) is 63.5 Å². The summed E-state index contributed by atoms with van der Waals surface area (Å²) in [7, 11) is 1.61. The van der Waals surface area contributed by atoms with Crippen LogP contribution in [0.25, 0.3) is 0 Å². The van der Waals surface area contributed by atoms with Crippen LogP contribution in [-0.2, 0) is 0 Å². The summed E-state index contributed by atoms with van der Waals surface area (Å²) >= 11 is 0. The van der Waals surface area contributed by atoms with Gasteiger partial charge in [-0.25, -0.2) is 5.01 Å². The maximum absolute atomic E-state index is 10.5. The molecule has 0 aliphatic carbocycles. The molecule has 0 spiro atoms. The number of phenols is 1. The zero-order valence-corrected chi connectivity index (χ0v) is 17.5. The number of phenolic OH excluding ortho intramolecular Hbond substituents is 1. The zero-order valence-electron chi connectivity index (χ0n) is 17.5. The van der Waals surface area contributed by atoms with Gasteiger partial charge in [0.25, 0.3) is 0 Å². The molecule has 0 bridgehead atoms. The summed E-state index contributed by atoms with van der Waals surface area (Å²) in [5.74, 6) is 2.55. The molecule has 6 nitrogen and oxygen atoms in total. The maximum Gasteiger partial charge on any atom is 0.213 e. The molecule has 0 aromatic heterocycles. The maximum atomic E-state index is 10.5. The van der Waals surface area contributed by atoms with Gasteiger partial charge in [-0.05, 0) is 55.5 Å². The summed E-state index contributed by atoms with van der Waals surface area (Å²) in [5.41, 5.74) is 3.56. The van der Waals surface area contributed by atoms with E-state index in [1.165, 1.54) is 0 Å². The van der Waals surface area contributed by atoms with Crippen LogP contribution in [-0.4, -0.2) is 29.5 Å². The molecule has 0 saturated carbocycles. The van der Waals surface area contributed by atoms with E-state index in [9.17, 15) is 5.11 Å². The Morgan fingerprint density at radius 1 is 1.06 bits per heavy atom. The number of methoxy groups -OCH3 is 1. The first-order valence-corrected chi connectivity index (χ1v) is 10.4. The molecule has 2 heterocycles. The minimum atomic E-state index is -0.374. The number of nitrogens with zero attached hydrogens (tertiary/aromatic N) is 2. The third-order valence-corrected chi connectivity index (χ3v) is 5.69. The number of fused-ring (bicyclic) bond motifs is 3. The number of ether oxygens (including phenoxy) is 3. The van der Waals surface area contributed by atoms with Crippen molar-refractivity contribution in [3.8, 4) is 23.0 Å². The Bertz CT molecular complexity index is 1130. The van der Waals surface area contributed by atoms with Gasteiger partial charge >= 0.3 is 0 Å². The molecule has 0 radical (unpaired) electrons. The standard InChI is InChI=1S/C25H24N2O4/c1-3-30-17-10-8-16(9-11-17)25-27-22(19-6-4-5-7-24(19)31-25)15-21(26-27)20-14-18(29-2)12-13-23(20)28/h4-14,22,25,28H,3,15H2,1-2H3/t22-,25+/m0/s1. The fourth-order valence-corrected chi connectivity index (χ4v) is 4.19. The Balaban J connectivity index is 1.56. The number of para-hydroxylation sites is 1. The quantitative estimate of drug-likeness (QED) is 0.631. The SMILES string of the molecule is CCOc1ccc([C@H]2Oc3ccccc3[C@@H]3CC(c4cc(OC)ccc4O)=NN23)cc1. The molecule has 31 heavy (non-hydrogen) atoms. The van der Waals surface area contributed by atoms with E-state index in [0.29, 0.717) is 24.3 Å². The Labute approximate surface area is 181 Å². The number of rotatable bonds is 5. The number of benzene rings is 3.